The van der Waals surface area contributed by atoms with E-state index in [0.717, 1.165) is 161 Å². The van der Waals surface area contributed by atoms with Gasteiger partial charge in [0.2, 0.25) is 0 Å². The van der Waals surface area contributed by atoms with Gasteiger partial charge in [0.15, 0.2) is 0 Å². The Labute approximate surface area is 839 Å². The largest absolute Gasteiger partial charge is 0.494 e. The molecule has 27 rings (SSSR count). The Kier molecular flexibility index (Phi) is 22.4. The number of para-hydroxylation sites is 4. The molecule has 0 N–H and O–H groups in total. The first-order valence-electron chi connectivity index (χ1n) is 48.9. The number of hydrogen-bond donors (Lipinski definition) is 0. The van der Waals surface area contributed by atoms with E-state index in [-0.39, 0.29) is 11.2 Å². The topological polar surface area (TPSA) is 106 Å². The lowest BCUT2D eigenvalue weighted by Gasteiger charge is -2.32. The molecule has 10 nitrogen and oxygen atoms in total. The number of hydrogen-bond acceptors (Lipinski definition) is 8. The highest BCUT2D eigenvalue weighted by Crippen LogP contribution is 2.49. The Morgan fingerprint density at radius 2 is 0.507 bits per heavy atom. The number of halogens is 1. The van der Waals surface area contributed by atoms with E-state index in [1.165, 1.54) is 87.6 Å². The number of imidazole rings is 2. The van der Waals surface area contributed by atoms with Gasteiger partial charge in [-0.05, 0) is 238 Å². The Bertz CT molecular complexity index is 9290. The summed E-state index contributed by atoms with van der Waals surface area (Å²) in [5.74, 6) is 1.77. The van der Waals surface area contributed by atoms with Crippen molar-refractivity contribution in [1.82, 2.24) is 39.0 Å². The second-order valence-corrected chi connectivity index (χ2v) is 38.1. The first kappa shape index (κ1) is 87.8. The maximum Gasteiger partial charge on any atom is 0.494 e. The minimum Gasteiger partial charge on any atom is -0.399 e. The average Bonchev–Trinajstić information content (AvgIpc) is 1.14. The van der Waals surface area contributed by atoms with Crippen molar-refractivity contribution in [3.8, 4) is 134 Å². The Morgan fingerprint density at radius 3 is 0.868 bits per heavy atom. The van der Waals surface area contributed by atoms with E-state index >= 15 is 0 Å². The van der Waals surface area contributed by atoms with E-state index < -0.39 is 7.12 Å². The molecule has 0 atom stereocenters. The lowest BCUT2D eigenvalue weighted by Crippen LogP contribution is -2.41. The van der Waals surface area contributed by atoms with Gasteiger partial charge >= 0.3 is 7.12 Å². The van der Waals surface area contributed by atoms with E-state index in [2.05, 4.69) is 465 Å². The molecule has 0 saturated carbocycles. The highest BCUT2D eigenvalue weighted by molar-refractivity contribution is 6.62. The molecule has 26 aromatic rings. The predicted octanol–water partition coefficient (Wildman–Crippen LogP) is 33.8. The molecule has 144 heavy (non-hydrogen) atoms. The summed E-state index contributed by atoms with van der Waals surface area (Å²) in [6.45, 7) is 8.33. The summed E-state index contributed by atoms with van der Waals surface area (Å²) in [5, 5.41) is 14.7. The van der Waals surface area contributed by atoms with Crippen LogP contribution in [0.5, 0.6) is 0 Å². The zero-order valence-corrected chi connectivity index (χ0v) is 80.3. The monoisotopic (exact) mass is 1870 g/mol. The molecule has 0 spiro atoms. The summed E-state index contributed by atoms with van der Waals surface area (Å²) in [5.41, 5.74) is 32.6. The van der Waals surface area contributed by atoms with Gasteiger partial charge in [0.1, 0.15) is 16.8 Å². The minimum absolute atomic E-state index is 0.390. The zero-order chi connectivity index (χ0) is 96.5. The maximum absolute atomic E-state index is 6.39. The Balaban J connectivity index is 0.000000123. The molecular weight excluding hydrogens is 1780 g/mol. The van der Waals surface area contributed by atoms with Gasteiger partial charge < -0.3 is 9.31 Å². The van der Waals surface area contributed by atoms with Crippen molar-refractivity contribution >= 4 is 133 Å². The van der Waals surface area contributed by atoms with Crippen molar-refractivity contribution in [2.45, 2.75) is 38.9 Å². The molecule has 20 aromatic carbocycles. The number of pyridine rings is 4. The second kappa shape index (κ2) is 36.8. The van der Waals surface area contributed by atoms with Gasteiger partial charge in [0, 0.05) is 62.0 Å². The van der Waals surface area contributed by atoms with Crippen molar-refractivity contribution in [1.29, 1.82) is 0 Å². The SMILES string of the molecule is CC1(C)OB(c2ccc(-c3nc4ccccc4n3-c3ccc(-c4c5ccccc5c(-c5ccccc5)c5ccccc45)cc3)cc2)OC1(C)C.Clc1cc(-c2ccccc2)c2ccc3c(-c4ccccc4)ccnc3c2n1.c1ccc(-c2c3ccccc3c(-c3ccc(-n4c(-c5ccc(-c6cc(-c7ccccc7)c7ccc8c(-c9ccccc9)ccnc8c7n6)cc5)nc5ccccc54)cc3)c3ccccc23)cc1. The summed E-state index contributed by atoms with van der Waals surface area (Å²) in [7, 11) is -0.408. The van der Waals surface area contributed by atoms with Gasteiger partial charge in [0.25, 0.3) is 0 Å². The van der Waals surface area contributed by atoms with Gasteiger partial charge in [-0.15, -0.1) is 0 Å². The fourth-order valence-electron chi connectivity index (χ4n) is 21.2. The van der Waals surface area contributed by atoms with Gasteiger partial charge in [-0.3, -0.25) is 19.1 Å². The highest BCUT2D eigenvalue weighted by Gasteiger charge is 2.52. The van der Waals surface area contributed by atoms with E-state index in [1.807, 2.05) is 67.0 Å². The van der Waals surface area contributed by atoms with E-state index in [9.17, 15) is 0 Å². The second-order valence-electron chi connectivity index (χ2n) is 37.8. The first-order valence-corrected chi connectivity index (χ1v) is 49.3. The molecule has 0 amide bonds. The summed E-state index contributed by atoms with van der Waals surface area (Å²) in [6.07, 6.45) is 3.75. The average molecular weight is 1870 g/mol. The molecule has 7 heterocycles. The lowest BCUT2D eigenvalue weighted by atomic mass is 9.79. The third kappa shape index (κ3) is 15.8. The number of benzene rings is 20. The summed E-state index contributed by atoms with van der Waals surface area (Å²) >= 11 is 6.39. The fraction of sp³-hybridized carbons (Fsp3) is 0.0455. The third-order valence-electron chi connectivity index (χ3n) is 28.8. The Hall–Kier alpha value is -17.7. The van der Waals surface area contributed by atoms with Crippen molar-refractivity contribution in [3.05, 3.63) is 491 Å². The molecule has 1 aliphatic heterocycles. The van der Waals surface area contributed by atoms with Gasteiger partial charge in [-0.1, -0.05) is 412 Å². The van der Waals surface area contributed by atoms with Gasteiger partial charge in [-0.2, -0.15) is 0 Å². The molecule has 0 bridgehead atoms. The highest BCUT2D eigenvalue weighted by atomic mass is 35.5. The summed E-state index contributed by atoms with van der Waals surface area (Å²) in [4.78, 5) is 30.0. The van der Waals surface area contributed by atoms with Crippen LogP contribution in [0.4, 0.5) is 0 Å². The number of rotatable bonds is 14. The molecule has 0 radical (unpaired) electrons. The van der Waals surface area contributed by atoms with E-state index in [1.54, 1.807) is 0 Å². The number of fused-ring (bicyclic) bond motifs is 12. The van der Waals surface area contributed by atoms with Crippen LogP contribution in [-0.4, -0.2) is 57.4 Å². The van der Waals surface area contributed by atoms with E-state index in [4.69, 9.17) is 40.8 Å². The predicted molar refractivity (Wildman–Crippen MR) is 600 cm³/mol. The molecule has 682 valence electrons. The van der Waals surface area contributed by atoms with Crippen molar-refractivity contribution < 1.29 is 9.31 Å². The van der Waals surface area contributed by atoms with Gasteiger partial charge in [-0.25, -0.2) is 19.9 Å². The van der Waals surface area contributed by atoms with Crippen LogP contribution in [0.2, 0.25) is 5.15 Å². The number of nitrogens with zero attached hydrogens (tertiary/aromatic N) is 8. The molecular formula is C132H92BClN8O2. The summed E-state index contributed by atoms with van der Waals surface area (Å²) in [6, 6.07) is 167. The molecule has 1 aliphatic rings. The normalized spacial score (nSPS) is 12.8. The molecule has 0 aliphatic carbocycles. The molecule has 6 aromatic heterocycles. The Morgan fingerprint density at radius 1 is 0.229 bits per heavy atom. The van der Waals surface area contributed by atoms with Crippen molar-refractivity contribution in [2.75, 3.05) is 0 Å². The van der Waals surface area contributed by atoms with Crippen molar-refractivity contribution in [3.63, 3.8) is 0 Å². The van der Waals surface area contributed by atoms with Crippen LogP contribution in [0.3, 0.4) is 0 Å². The smallest absolute Gasteiger partial charge is 0.399 e. The van der Waals surface area contributed by atoms with Crippen molar-refractivity contribution in [2.24, 2.45) is 0 Å². The van der Waals surface area contributed by atoms with Crippen LogP contribution in [0, 0.1) is 0 Å². The van der Waals surface area contributed by atoms with Crippen LogP contribution in [0.1, 0.15) is 27.7 Å². The van der Waals surface area contributed by atoms with Crippen LogP contribution >= 0.6 is 11.6 Å². The van der Waals surface area contributed by atoms with E-state index in [0.29, 0.717) is 5.15 Å². The third-order valence-corrected chi connectivity index (χ3v) is 29.0. The number of aromatic nitrogens is 8. The van der Waals surface area contributed by atoms with Gasteiger partial charge in [0.05, 0.1) is 61.0 Å². The van der Waals surface area contributed by atoms with Crippen LogP contribution in [0.15, 0.2) is 486 Å². The zero-order valence-electron chi connectivity index (χ0n) is 79.5. The standard InChI is InChI=1S/C63H40N4.C45H37BN2O2.C24H15ClN2/c1-4-16-41(17-5-1)48-38-39-64-61-53(48)36-37-54-55(42-18-6-2-7-19-42)40-57(65-62(54)61)43-28-30-46(31-29-43)63-66-56-26-14-15-27-58(56)67(63)47-34-32-45(33-35-47)60-51-24-12-10-22-49(51)59(44-20-8-3-9-21-44)50-23-11-13-25-52(50)60;1-44(2)45(3,4)50-46(49-44)33-26-22-32(23-27-33)43-47-39-20-12-13-21-40(39)48(43)34-28-24-31(25-29-34)42-37-18-10-8-16-35(37)41(30-14-6-5-7-15-30)36-17-9-11-19-38(36)42;25-22-15-21(17-9-5-2-6-10-17)20-12-11-19-18(16-7-3-1-4-8-16)13-14-26-23(19)24(20)27-22/h1-40H;5-29H,1-4H3;1-15H. The lowest BCUT2D eigenvalue weighted by molar-refractivity contribution is 0.00578. The van der Waals surface area contributed by atoms with Crippen LogP contribution in [0.25, 0.3) is 243 Å². The molecule has 12 heteroatoms. The first-order chi connectivity index (χ1) is 70.8. The van der Waals surface area contributed by atoms with Crippen LogP contribution < -0.4 is 5.46 Å². The quantitative estimate of drug-likeness (QED) is 0.0459. The molecule has 1 saturated heterocycles. The molecule has 1 fully saturated rings. The maximum atomic E-state index is 6.39. The van der Waals surface area contributed by atoms with Crippen LogP contribution in [-0.2, 0) is 9.31 Å². The fourth-order valence-corrected chi connectivity index (χ4v) is 21.4. The molecule has 0 unspecified atom stereocenters. The summed E-state index contributed by atoms with van der Waals surface area (Å²) < 4.78 is 17.2. The minimum atomic E-state index is -0.408.